The van der Waals surface area contributed by atoms with Crippen LogP contribution in [0.2, 0.25) is 0 Å². The van der Waals surface area contributed by atoms with Gasteiger partial charge >= 0.3 is 0 Å². The summed E-state index contributed by atoms with van der Waals surface area (Å²) in [6, 6.07) is 8.23. The molecule has 2 N–H and O–H groups in total. The predicted octanol–water partition coefficient (Wildman–Crippen LogP) is 6.17. The molecular formula is C28H52N4. The molecule has 1 saturated heterocycles. The molecule has 184 valence electrons. The number of aromatic nitrogens is 1. The third-order valence-corrected chi connectivity index (χ3v) is 7.05. The third kappa shape index (κ3) is 10.3. The number of nitrogens with one attached hydrogen (secondary N) is 2. The predicted molar refractivity (Wildman–Crippen MR) is 139 cm³/mol. The van der Waals surface area contributed by atoms with E-state index in [4.69, 9.17) is 0 Å². The van der Waals surface area contributed by atoms with Crippen LogP contribution in [0.4, 0.5) is 0 Å². The Kier molecular flexibility index (Phi) is 12.8. The summed E-state index contributed by atoms with van der Waals surface area (Å²) in [5, 5.41) is 7.68. The molecular weight excluding hydrogens is 392 g/mol. The Hall–Kier alpha value is -0.970. The van der Waals surface area contributed by atoms with Gasteiger partial charge in [0.15, 0.2) is 0 Å². The zero-order valence-corrected chi connectivity index (χ0v) is 21.8. The number of likely N-dealkylation sites (tertiary alicyclic amines) is 1. The zero-order valence-electron chi connectivity index (χ0n) is 21.8. The molecule has 2 rings (SSSR count). The molecule has 32 heavy (non-hydrogen) atoms. The Morgan fingerprint density at radius 1 is 1.03 bits per heavy atom. The molecule has 4 nitrogen and oxygen atoms in total. The van der Waals surface area contributed by atoms with E-state index < -0.39 is 0 Å². The monoisotopic (exact) mass is 444 g/mol. The maximum Gasteiger partial charge on any atom is 0.0541 e. The molecule has 0 radical (unpaired) electrons. The van der Waals surface area contributed by atoms with E-state index >= 15 is 0 Å². The number of rotatable bonds is 17. The molecule has 4 heteroatoms. The SMILES string of the molecule is CCCC(CCC)NCCC1CCCN1CC(C)(C)CC(CCC)NCc1ccccn1. The van der Waals surface area contributed by atoms with Crippen molar-refractivity contribution in [3.63, 3.8) is 0 Å². The third-order valence-electron chi connectivity index (χ3n) is 7.05. The highest BCUT2D eigenvalue weighted by atomic mass is 15.2. The van der Waals surface area contributed by atoms with Gasteiger partial charge in [-0.15, -0.1) is 0 Å². The lowest BCUT2D eigenvalue weighted by Gasteiger charge is -2.36. The average Bonchev–Trinajstić information content (AvgIpc) is 3.19. The highest BCUT2D eigenvalue weighted by molar-refractivity contribution is 5.03. The Bertz CT molecular complexity index is 582. The zero-order chi connectivity index (χ0) is 23.2. The molecule has 0 aromatic carbocycles. The largest absolute Gasteiger partial charge is 0.314 e. The van der Waals surface area contributed by atoms with Crippen molar-refractivity contribution in [1.82, 2.24) is 20.5 Å². The molecule has 1 aromatic heterocycles. The van der Waals surface area contributed by atoms with E-state index in [0.29, 0.717) is 11.5 Å². The standard InChI is InChI=1S/C28H52N4/c1-6-12-24(13-7-2)30-19-17-27-16-11-20-32(27)23-28(4,5)21-25(14-8-3)31-22-26-15-9-10-18-29-26/h9-10,15,18,24-25,27,30-31H,6-8,11-14,16-17,19-23H2,1-5H3. The molecule has 1 fully saturated rings. The summed E-state index contributed by atoms with van der Waals surface area (Å²) in [4.78, 5) is 7.29. The summed E-state index contributed by atoms with van der Waals surface area (Å²) in [6.45, 7) is 16.4. The molecule has 0 amide bonds. The number of nitrogens with zero attached hydrogens (tertiary/aromatic N) is 2. The molecule has 1 aliphatic rings. The summed E-state index contributed by atoms with van der Waals surface area (Å²) in [5.41, 5.74) is 1.46. The summed E-state index contributed by atoms with van der Waals surface area (Å²) < 4.78 is 0. The minimum absolute atomic E-state index is 0.319. The summed E-state index contributed by atoms with van der Waals surface area (Å²) in [6.07, 6.45) is 14.8. The van der Waals surface area contributed by atoms with Gasteiger partial charge in [0.2, 0.25) is 0 Å². The van der Waals surface area contributed by atoms with Crippen LogP contribution in [0.1, 0.15) is 105 Å². The summed E-state index contributed by atoms with van der Waals surface area (Å²) >= 11 is 0. The Morgan fingerprint density at radius 3 is 2.41 bits per heavy atom. The first kappa shape index (κ1) is 27.3. The first-order valence-electron chi connectivity index (χ1n) is 13.6. The molecule has 2 atom stereocenters. The average molecular weight is 445 g/mol. The van der Waals surface area contributed by atoms with Gasteiger partial charge in [-0.2, -0.15) is 0 Å². The molecule has 0 aliphatic carbocycles. The van der Waals surface area contributed by atoms with Crippen molar-refractivity contribution in [3.05, 3.63) is 30.1 Å². The second-order valence-corrected chi connectivity index (χ2v) is 10.8. The van der Waals surface area contributed by atoms with Crippen LogP contribution < -0.4 is 10.6 Å². The Morgan fingerprint density at radius 2 is 1.75 bits per heavy atom. The van der Waals surface area contributed by atoms with Gasteiger partial charge in [0.05, 0.1) is 5.69 Å². The van der Waals surface area contributed by atoms with Crippen LogP contribution in [0.15, 0.2) is 24.4 Å². The smallest absolute Gasteiger partial charge is 0.0541 e. The van der Waals surface area contributed by atoms with Crippen LogP contribution in [0.25, 0.3) is 0 Å². The number of hydrogen-bond acceptors (Lipinski definition) is 4. The topological polar surface area (TPSA) is 40.2 Å². The highest BCUT2D eigenvalue weighted by Crippen LogP contribution is 2.30. The molecule has 2 heterocycles. The lowest BCUT2D eigenvalue weighted by molar-refractivity contribution is 0.137. The van der Waals surface area contributed by atoms with Gasteiger partial charge in [-0.05, 0) is 75.6 Å². The van der Waals surface area contributed by atoms with Crippen molar-refractivity contribution in [2.75, 3.05) is 19.6 Å². The van der Waals surface area contributed by atoms with Crippen LogP contribution in [0, 0.1) is 5.41 Å². The van der Waals surface area contributed by atoms with Crippen molar-refractivity contribution in [2.24, 2.45) is 5.41 Å². The molecule has 1 aromatic rings. The molecule has 2 unspecified atom stereocenters. The van der Waals surface area contributed by atoms with Crippen molar-refractivity contribution in [1.29, 1.82) is 0 Å². The van der Waals surface area contributed by atoms with E-state index in [1.165, 1.54) is 83.8 Å². The van der Waals surface area contributed by atoms with E-state index in [1.807, 2.05) is 12.3 Å². The van der Waals surface area contributed by atoms with Crippen molar-refractivity contribution >= 4 is 0 Å². The highest BCUT2D eigenvalue weighted by Gasteiger charge is 2.31. The molecule has 1 aliphatic heterocycles. The van der Waals surface area contributed by atoms with Crippen LogP contribution in [-0.4, -0.2) is 47.6 Å². The van der Waals surface area contributed by atoms with Gasteiger partial charge < -0.3 is 10.6 Å². The molecule has 0 spiro atoms. The Balaban J connectivity index is 1.81. The maximum atomic E-state index is 4.49. The molecule has 0 saturated carbocycles. The van der Waals surface area contributed by atoms with Crippen molar-refractivity contribution in [3.8, 4) is 0 Å². The van der Waals surface area contributed by atoms with Gasteiger partial charge in [0.25, 0.3) is 0 Å². The lowest BCUT2D eigenvalue weighted by atomic mass is 9.83. The Labute approximate surface area is 199 Å². The minimum Gasteiger partial charge on any atom is -0.314 e. The fourth-order valence-corrected chi connectivity index (χ4v) is 5.59. The first-order chi connectivity index (χ1) is 15.5. The van der Waals surface area contributed by atoms with E-state index in [1.54, 1.807) is 0 Å². The summed E-state index contributed by atoms with van der Waals surface area (Å²) in [5.74, 6) is 0. The minimum atomic E-state index is 0.319. The van der Waals surface area contributed by atoms with Gasteiger partial charge in [-0.3, -0.25) is 9.88 Å². The van der Waals surface area contributed by atoms with Gasteiger partial charge in [0, 0.05) is 37.4 Å². The van der Waals surface area contributed by atoms with Crippen molar-refractivity contribution in [2.45, 2.75) is 123 Å². The first-order valence-corrected chi connectivity index (χ1v) is 13.6. The number of hydrogen-bond donors (Lipinski definition) is 2. The van der Waals surface area contributed by atoms with Gasteiger partial charge in [-0.1, -0.05) is 59.9 Å². The van der Waals surface area contributed by atoms with Crippen LogP contribution >= 0.6 is 0 Å². The molecule has 0 bridgehead atoms. The quantitative estimate of drug-likeness (QED) is 0.301. The van der Waals surface area contributed by atoms with Crippen LogP contribution in [0.5, 0.6) is 0 Å². The fourth-order valence-electron chi connectivity index (χ4n) is 5.59. The van der Waals surface area contributed by atoms with Crippen LogP contribution in [0.3, 0.4) is 0 Å². The van der Waals surface area contributed by atoms with E-state index in [0.717, 1.165) is 24.3 Å². The summed E-state index contributed by atoms with van der Waals surface area (Å²) in [7, 11) is 0. The second kappa shape index (κ2) is 15.0. The number of pyridine rings is 1. The van der Waals surface area contributed by atoms with E-state index in [2.05, 4.69) is 67.3 Å². The van der Waals surface area contributed by atoms with Gasteiger partial charge in [0.1, 0.15) is 0 Å². The van der Waals surface area contributed by atoms with Crippen LogP contribution in [-0.2, 0) is 6.54 Å². The van der Waals surface area contributed by atoms with E-state index in [9.17, 15) is 0 Å². The van der Waals surface area contributed by atoms with Gasteiger partial charge in [-0.25, -0.2) is 0 Å². The fraction of sp³-hybridized carbons (Fsp3) is 0.821. The lowest BCUT2D eigenvalue weighted by Crippen LogP contribution is -2.43. The normalized spacial score (nSPS) is 18.5. The second-order valence-electron chi connectivity index (χ2n) is 10.8. The maximum absolute atomic E-state index is 4.49. The van der Waals surface area contributed by atoms with E-state index in [-0.39, 0.29) is 0 Å². The van der Waals surface area contributed by atoms with Crippen molar-refractivity contribution < 1.29 is 0 Å².